The highest BCUT2D eigenvalue weighted by atomic mass is 32.2. The molecule has 1 fully saturated rings. The van der Waals surface area contributed by atoms with Crippen molar-refractivity contribution in [2.24, 2.45) is 0 Å². The number of aromatic nitrogens is 1. The van der Waals surface area contributed by atoms with Gasteiger partial charge in [-0.3, -0.25) is 9.69 Å². The highest BCUT2D eigenvalue weighted by Gasteiger charge is 2.29. The molecule has 0 bridgehead atoms. The smallest absolute Gasteiger partial charge is 0.253 e. The van der Waals surface area contributed by atoms with Gasteiger partial charge < -0.3 is 4.90 Å². The lowest BCUT2D eigenvalue weighted by atomic mass is 10.2. The maximum Gasteiger partial charge on any atom is 0.253 e. The molecule has 0 aliphatic carbocycles. The van der Waals surface area contributed by atoms with E-state index in [2.05, 4.69) is 22.2 Å². The number of carbonyl (C=O) groups excluding carboxylic acids is 1. The van der Waals surface area contributed by atoms with E-state index >= 15 is 0 Å². The lowest BCUT2D eigenvalue weighted by Crippen LogP contribution is -2.48. The molecule has 1 amide bonds. The number of piperazine rings is 1. The zero-order chi connectivity index (χ0) is 21.7. The van der Waals surface area contributed by atoms with E-state index in [0.717, 1.165) is 23.7 Å². The fourth-order valence-electron chi connectivity index (χ4n) is 3.55. The van der Waals surface area contributed by atoms with Crippen molar-refractivity contribution in [2.75, 3.05) is 39.3 Å². The monoisotopic (exact) mass is 450 g/mol. The lowest BCUT2D eigenvalue weighted by molar-refractivity contribution is 0.0773. The predicted molar refractivity (Wildman–Crippen MR) is 119 cm³/mol. The Morgan fingerprint density at radius 2 is 1.70 bits per heavy atom. The van der Waals surface area contributed by atoms with Crippen molar-refractivity contribution in [3.05, 3.63) is 45.9 Å². The molecule has 2 heterocycles. The summed E-state index contributed by atoms with van der Waals surface area (Å²) in [6, 6.07) is 6.30. The van der Waals surface area contributed by atoms with Crippen LogP contribution in [0.2, 0.25) is 0 Å². The summed E-state index contributed by atoms with van der Waals surface area (Å²) in [6.45, 7) is 10.2. The van der Waals surface area contributed by atoms with Crippen molar-refractivity contribution >= 4 is 27.3 Å². The van der Waals surface area contributed by atoms with Crippen LogP contribution in [0.15, 0.2) is 34.5 Å². The second kappa shape index (κ2) is 10.00. The molecular formula is C21H30N4O3S2. The first kappa shape index (κ1) is 22.9. The maximum atomic E-state index is 13.0. The van der Waals surface area contributed by atoms with E-state index in [0.29, 0.717) is 44.8 Å². The Kier molecular flexibility index (Phi) is 7.62. The summed E-state index contributed by atoms with van der Waals surface area (Å²) >= 11 is 1.68. The van der Waals surface area contributed by atoms with Crippen LogP contribution >= 0.6 is 11.3 Å². The zero-order valence-corrected chi connectivity index (χ0v) is 19.5. The first-order chi connectivity index (χ1) is 14.4. The lowest BCUT2D eigenvalue weighted by Gasteiger charge is -2.33. The second-order valence-corrected chi connectivity index (χ2v) is 10.1. The molecule has 7 nitrogen and oxygen atoms in total. The third-order valence-electron chi connectivity index (χ3n) is 5.41. The van der Waals surface area contributed by atoms with E-state index in [9.17, 15) is 13.2 Å². The Labute approximate surface area is 183 Å². The molecule has 1 aliphatic rings. The van der Waals surface area contributed by atoms with E-state index in [1.165, 1.54) is 4.31 Å². The van der Waals surface area contributed by atoms with E-state index in [4.69, 9.17) is 0 Å². The fraction of sp³-hybridized carbons (Fsp3) is 0.524. The van der Waals surface area contributed by atoms with Gasteiger partial charge in [-0.05, 0) is 44.5 Å². The van der Waals surface area contributed by atoms with Gasteiger partial charge in [0.15, 0.2) is 0 Å². The van der Waals surface area contributed by atoms with Gasteiger partial charge in [0.1, 0.15) is 0 Å². The summed E-state index contributed by atoms with van der Waals surface area (Å²) in [5.41, 5.74) is 1.57. The normalized spacial score (nSPS) is 16.0. The van der Waals surface area contributed by atoms with Gasteiger partial charge in [-0.1, -0.05) is 6.92 Å². The number of rotatable bonds is 8. The molecule has 1 aliphatic heterocycles. The molecule has 2 aromatic rings. The summed E-state index contributed by atoms with van der Waals surface area (Å²) in [7, 11) is -3.56. The van der Waals surface area contributed by atoms with Gasteiger partial charge in [-0.2, -0.15) is 4.31 Å². The molecule has 0 spiro atoms. The van der Waals surface area contributed by atoms with Crippen molar-refractivity contribution in [3.8, 4) is 0 Å². The van der Waals surface area contributed by atoms with Gasteiger partial charge in [-0.15, -0.1) is 11.3 Å². The molecular weight excluding hydrogens is 420 g/mol. The van der Waals surface area contributed by atoms with E-state index in [-0.39, 0.29) is 10.8 Å². The number of aryl methyl sites for hydroxylation is 1. The Morgan fingerprint density at radius 1 is 1.07 bits per heavy atom. The largest absolute Gasteiger partial charge is 0.339 e. The number of benzene rings is 1. The van der Waals surface area contributed by atoms with Crippen molar-refractivity contribution in [3.63, 3.8) is 0 Å². The number of hydrogen-bond donors (Lipinski definition) is 0. The standard InChI is InChI=1S/C21H30N4O3S2/c1-4-20-22-18(16-29-20)15-23-11-13-25(14-12-23)30(27,28)19-9-7-17(8-10-19)21(26)24(5-2)6-3/h7-10,16H,4-6,11-15H2,1-3H3. The van der Waals surface area contributed by atoms with Crippen LogP contribution in [0.1, 0.15) is 41.8 Å². The number of thiazole rings is 1. The first-order valence-electron chi connectivity index (χ1n) is 10.4. The van der Waals surface area contributed by atoms with Crippen LogP contribution in [0.25, 0.3) is 0 Å². The first-order valence-corrected chi connectivity index (χ1v) is 12.8. The molecule has 3 rings (SSSR count). The summed E-state index contributed by atoms with van der Waals surface area (Å²) in [4.78, 5) is 21.2. The highest BCUT2D eigenvalue weighted by molar-refractivity contribution is 7.89. The minimum Gasteiger partial charge on any atom is -0.339 e. The molecule has 1 saturated heterocycles. The predicted octanol–water partition coefficient (Wildman–Crippen LogP) is 2.69. The second-order valence-electron chi connectivity index (χ2n) is 7.27. The average molecular weight is 451 g/mol. The maximum absolute atomic E-state index is 13.0. The van der Waals surface area contributed by atoms with Crippen molar-refractivity contribution in [1.29, 1.82) is 0 Å². The summed E-state index contributed by atoms with van der Waals surface area (Å²) in [5.74, 6) is -0.0779. The molecule has 1 aromatic heterocycles. The molecule has 0 unspecified atom stereocenters. The SMILES string of the molecule is CCc1nc(CN2CCN(S(=O)(=O)c3ccc(C(=O)N(CC)CC)cc3)CC2)cs1. The van der Waals surface area contributed by atoms with Crippen LogP contribution in [-0.4, -0.2) is 72.7 Å². The Bertz CT molecular complexity index is 945. The molecule has 1 aromatic carbocycles. The summed E-state index contributed by atoms with van der Waals surface area (Å²) in [6.07, 6.45) is 0.940. The van der Waals surface area contributed by atoms with Gasteiger partial charge in [0.05, 0.1) is 15.6 Å². The van der Waals surface area contributed by atoms with Crippen LogP contribution in [0.5, 0.6) is 0 Å². The molecule has 0 N–H and O–H groups in total. The van der Waals surface area contributed by atoms with E-state index in [1.807, 2.05) is 13.8 Å². The van der Waals surface area contributed by atoms with Crippen molar-refractivity contribution in [1.82, 2.24) is 19.1 Å². The average Bonchev–Trinajstić information content (AvgIpc) is 3.22. The van der Waals surface area contributed by atoms with E-state index in [1.54, 1.807) is 40.5 Å². The molecule has 164 valence electrons. The number of amides is 1. The number of hydrogen-bond acceptors (Lipinski definition) is 6. The minimum absolute atomic E-state index is 0.0779. The minimum atomic E-state index is -3.56. The number of sulfonamides is 1. The third kappa shape index (κ3) is 5.08. The van der Waals surface area contributed by atoms with Gasteiger partial charge in [0.2, 0.25) is 10.0 Å². The third-order valence-corrected chi connectivity index (χ3v) is 8.36. The topological polar surface area (TPSA) is 73.8 Å². The molecule has 30 heavy (non-hydrogen) atoms. The quantitative estimate of drug-likeness (QED) is 0.618. The summed E-state index contributed by atoms with van der Waals surface area (Å²) < 4.78 is 27.6. The van der Waals surface area contributed by atoms with Gasteiger partial charge in [0.25, 0.3) is 5.91 Å². The zero-order valence-electron chi connectivity index (χ0n) is 17.9. The van der Waals surface area contributed by atoms with Crippen molar-refractivity contribution < 1.29 is 13.2 Å². The number of carbonyl (C=O) groups is 1. The van der Waals surface area contributed by atoms with Crippen LogP contribution in [0.4, 0.5) is 0 Å². The fourth-order valence-corrected chi connectivity index (χ4v) is 5.71. The Balaban J connectivity index is 1.61. The van der Waals surface area contributed by atoms with Gasteiger partial charge in [-0.25, -0.2) is 13.4 Å². The molecule has 9 heteroatoms. The van der Waals surface area contributed by atoms with Crippen LogP contribution in [0.3, 0.4) is 0 Å². The Morgan fingerprint density at radius 3 is 2.23 bits per heavy atom. The highest BCUT2D eigenvalue weighted by Crippen LogP contribution is 2.20. The van der Waals surface area contributed by atoms with Crippen LogP contribution < -0.4 is 0 Å². The molecule has 0 radical (unpaired) electrons. The molecule has 0 atom stereocenters. The Hall–Kier alpha value is -1.81. The van der Waals surface area contributed by atoms with Crippen LogP contribution in [-0.2, 0) is 23.0 Å². The van der Waals surface area contributed by atoms with Crippen LogP contribution in [0, 0.1) is 0 Å². The van der Waals surface area contributed by atoms with Gasteiger partial charge in [0, 0.05) is 56.8 Å². The molecule has 0 saturated carbocycles. The van der Waals surface area contributed by atoms with Gasteiger partial charge >= 0.3 is 0 Å². The van der Waals surface area contributed by atoms with E-state index < -0.39 is 10.0 Å². The summed E-state index contributed by atoms with van der Waals surface area (Å²) in [5, 5.41) is 3.22. The number of nitrogens with zero attached hydrogens (tertiary/aromatic N) is 4. The van der Waals surface area contributed by atoms with Crippen molar-refractivity contribution in [2.45, 2.75) is 38.6 Å².